The topological polar surface area (TPSA) is 30.5 Å². The lowest BCUT2D eigenvalue weighted by molar-refractivity contribution is 0.0339. The van der Waals surface area contributed by atoms with Crippen molar-refractivity contribution < 1.29 is 14.0 Å². The van der Waals surface area contributed by atoms with Crippen molar-refractivity contribution in [2.45, 2.75) is 19.1 Å². The molecule has 15 heavy (non-hydrogen) atoms. The van der Waals surface area contributed by atoms with Crippen LogP contribution in [0.1, 0.15) is 18.5 Å². The Morgan fingerprint density at radius 2 is 2.27 bits per heavy atom. The second-order valence-electron chi connectivity index (χ2n) is 3.43. The van der Waals surface area contributed by atoms with E-state index in [1.54, 1.807) is 0 Å². The van der Waals surface area contributed by atoms with Gasteiger partial charge in [-0.1, -0.05) is 11.6 Å². The number of halogens is 2. The van der Waals surface area contributed by atoms with Crippen LogP contribution in [0.5, 0.6) is 5.75 Å². The molecule has 1 aliphatic rings. The molecule has 1 aromatic carbocycles. The third-order valence-electron chi connectivity index (χ3n) is 2.39. The molecule has 3 nitrogen and oxygen atoms in total. The minimum atomic E-state index is -0.376. The molecule has 2 unspecified atom stereocenters. The summed E-state index contributed by atoms with van der Waals surface area (Å²) in [5.41, 5.74) is 3.44. The van der Waals surface area contributed by atoms with Gasteiger partial charge < -0.3 is 9.57 Å². The molecule has 1 N–H and O–H groups in total. The largest absolute Gasteiger partial charge is 0.487 e. The number of rotatable bonds is 2. The minimum Gasteiger partial charge on any atom is -0.487 e. The summed E-state index contributed by atoms with van der Waals surface area (Å²) in [6.45, 7) is 1.87. The Hall–Kier alpha value is -0.840. The number of benzene rings is 1. The molecule has 0 fully saturated rings. The van der Waals surface area contributed by atoms with Crippen LogP contribution in [0.4, 0.5) is 4.39 Å². The van der Waals surface area contributed by atoms with Gasteiger partial charge in [0.1, 0.15) is 17.7 Å². The molecule has 0 aliphatic carbocycles. The molecule has 0 saturated heterocycles. The maximum Gasteiger partial charge on any atom is 0.143 e. The van der Waals surface area contributed by atoms with Gasteiger partial charge in [0.25, 0.3) is 0 Å². The Kier molecular flexibility index (Phi) is 2.82. The van der Waals surface area contributed by atoms with Gasteiger partial charge in [0.2, 0.25) is 0 Å². The van der Waals surface area contributed by atoms with E-state index in [4.69, 9.17) is 21.2 Å². The van der Waals surface area contributed by atoms with Crippen molar-refractivity contribution in [1.82, 2.24) is 5.48 Å². The van der Waals surface area contributed by atoms with Crippen LogP contribution in [0.2, 0.25) is 5.02 Å². The molecule has 0 radical (unpaired) electrons. The summed E-state index contributed by atoms with van der Waals surface area (Å²) >= 11 is 5.87. The van der Waals surface area contributed by atoms with Crippen LogP contribution in [0.3, 0.4) is 0 Å². The molecule has 1 heterocycles. The van der Waals surface area contributed by atoms with Crippen molar-refractivity contribution in [1.29, 1.82) is 0 Å². The Labute approximate surface area is 92.1 Å². The molecule has 82 valence electrons. The van der Waals surface area contributed by atoms with Crippen molar-refractivity contribution in [3.63, 3.8) is 0 Å². The number of ether oxygens (including phenoxy) is 1. The predicted molar refractivity (Wildman–Crippen MR) is 54.4 cm³/mol. The summed E-state index contributed by atoms with van der Waals surface area (Å²) in [7, 11) is 1.51. The van der Waals surface area contributed by atoms with E-state index >= 15 is 0 Å². The smallest absolute Gasteiger partial charge is 0.143 e. The number of fused-ring (bicyclic) bond motifs is 1. The second kappa shape index (κ2) is 3.96. The Balaban J connectivity index is 2.43. The summed E-state index contributed by atoms with van der Waals surface area (Å²) in [6.07, 6.45) is -0.140. The van der Waals surface area contributed by atoms with Gasteiger partial charge >= 0.3 is 0 Å². The van der Waals surface area contributed by atoms with Crippen LogP contribution in [0, 0.1) is 5.82 Å². The third kappa shape index (κ3) is 1.80. The fraction of sp³-hybridized carbons (Fsp3) is 0.400. The molecule has 0 amide bonds. The van der Waals surface area contributed by atoms with Crippen molar-refractivity contribution in [3.8, 4) is 5.75 Å². The SMILES string of the molecule is CONC1c2cc(F)cc(Cl)c2OC1C. The lowest BCUT2D eigenvalue weighted by Gasteiger charge is -2.14. The molecule has 0 saturated carbocycles. The third-order valence-corrected chi connectivity index (χ3v) is 2.67. The molecule has 0 bridgehead atoms. The first kappa shape index (κ1) is 10.7. The number of nitrogens with one attached hydrogen (secondary N) is 1. The number of hydrogen-bond acceptors (Lipinski definition) is 3. The van der Waals surface area contributed by atoms with E-state index in [9.17, 15) is 4.39 Å². The molecule has 1 aliphatic heterocycles. The summed E-state index contributed by atoms with van der Waals surface area (Å²) in [4.78, 5) is 4.84. The van der Waals surface area contributed by atoms with Crippen molar-refractivity contribution >= 4 is 11.6 Å². The van der Waals surface area contributed by atoms with Gasteiger partial charge in [0.05, 0.1) is 18.2 Å². The second-order valence-corrected chi connectivity index (χ2v) is 3.84. The van der Waals surface area contributed by atoms with E-state index in [-0.39, 0.29) is 23.0 Å². The van der Waals surface area contributed by atoms with E-state index in [2.05, 4.69) is 5.48 Å². The first-order valence-electron chi connectivity index (χ1n) is 4.57. The summed E-state index contributed by atoms with van der Waals surface area (Å²) < 4.78 is 18.7. The van der Waals surface area contributed by atoms with Gasteiger partial charge in [-0.05, 0) is 19.1 Å². The first-order chi connectivity index (χ1) is 7.13. The molecule has 1 aromatic rings. The van der Waals surface area contributed by atoms with E-state index in [0.29, 0.717) is 11.3 Å². The zero-order valence-electron chi connectivity index (χ0n) is 8.38. The standard InChI is InChI=1S/C10H11ClFNO2/c1-5-9(13-14-2)7-3-6(12)4-8(11)10(7)15-5/h3-5,9,13H,1-2H3. The fourth-order valence-electron chi connectivity index (χ4n) is 1.73. The summed E-state index contributed by atoms with van der Waals surface area (Å²) in [5.74, 6) is 0.152. The molecule has 0 aromatic heterocycles. The van der Waals surface area contributed by atoms with E-state index in [1.165, 1.54) is 19.2 Å². The van der Waals surface area contributed by atoms with Crippen LogP contribution in [-0.4, -0.2) is 13.2 Å². The van der Waals surface area contributed by atoms with Gasteiger partial charge in [-0.25, -0.2) is 4.39 Å². The zero-order chi connectivity index (χ0) is 11.0. The normalized spacial score (nSPS) is 23.7. The maximum atomic E-state index is 13.2. The molecule has 0 spiro atoms. The number of hydroxylamine groups is 1. The van der Waals surface area contributed by atoms with E-state index < -0.39 is 0 Å². The highest BCUT2D eigenvalue weighted by Gasteiger charge is 2.33. The highest BCUT2D eigenvalue weighted by atomic mass is 35.5. The molecule has 2 rings (SSSR count). The minimum absolute atomic E-state index is 0.140. The van der Waals surface area contributed by atoms with E-state index in [0.717, 1.165) is 0 Å². The molecular weight excluding hydrogens is 221 g/mol. The average Bonchev–Trinajstić information content (AvgIpc) is 2.46. The fourth-order valence-corrected chi connectivity index (χ4v) is 1.99. The van der Waals surface area contributed by atoms with E-state index in [1.807, 2.05) is 6.92 Å². The van der Waals surface area contributed by atoms with Gasteiger partial charge in [0.15, 0.2) is 0 Å². The zero-order valence-corrected chi connectivity index (χ0v) is 9.14. The highest BCUT2D eigenvalue weighted by Crippen LogP contribution is 2.42. The predicted octanol–water partition coefficient (Wildman–Crippen LogP) is 2.45. The highest BCUT2D eigenvalue weighted by molar-refractivity contribution is 6.32. The van der Waals surface area contributed by atoms with Crippen LogP contribution >= 0.6 is 11.6 Å². The van der Waals surface area contributed by atoms with Crippen molar-refractivity contribution in [3.05, 3.63) is 28.5 Å². The van der Waals surface area contributed by atoms with Crippen molar-refractivity contribution in [2.24, 2.45) is 0 Å². The van der Waals surface area contributed by atoms with Crippen LogP contribution in [0.25, 0.3) is 0 Å². The summed E-state index contributed by atoms with van der Waals surface area (Å²) in [6, 6.07) is 2.45. The van der Waals surface area contributed by atoms with Gasteiger partial charge in [0, 0.05) is 5.56 Å². The maximum absolute atomic E-state index is 13.2. The van der Waals surface area contributed by atoms with Crippen molar-refractivity contribution in [2.75, 3.05) is 7.11 Å². The quantitative estimate of drug-likeness (QED) is 0.794. The summed E-state index contributed by atoms with van der Waals surface area (Å²) in [5, 5.41) is 0.289. The molecule has 2 atom stereocenters. The number of hydrogen-bond donors (Lipinski definition) is 1. The average molecular weight is 232 g/mol. The molecule has 5 heteroatoms. The van der Waals surface area contributed by atoms with Gasteiger partial charge in [-0.2, -0.15) is 5.48 Å². The lowest BCUT2D eigenvalue weighted by Crippen LogP contribution is -2.27. The Bertz CT molecular complexity index is 386. The monoisotopic (exact) mass is 231 g/mol. The molecular formula is C10H11ClFNO2. The van der Waals surface area contributed by atoms with Crippen LogP contribution in [-0.2, 0) is 4.84 Å². The lowest BCUT2D eigenvalue weighted by atomic mass is 10.1. The Morgan fingerprint density at radius 3 is 2.93 bits per heavy atom. The van der Waals surface area contributed by atoms with Crippen LogP contribution < -0.4 is 10.2 Å². The van der Waals surface area contributed by atoms with Gasteiger partial charge in [-0.15, -0.1) is 0 Å². The van der Waals surface area contributed by atoms with Gasteiger partial charge in [-0.3, -0.25) is 0 Å². The Morgan fingerprint density at radius 1 is 1.53 bits per heavy atom. The van der Waals surface area contributed by atoms with Crippen LogP contribution in [0.15, 0.2) is 12.1 Å². The first-order valence-corrected chi connectivity index (χ1v) is 4.95.